The lowest BCUT2D eigenvalue weighted by Crippen LogP contribution is -2.16. The highest BCUT2D eigenvalue weighted by atomic mass is 79.9. The molecule has 0 aliphatic rings. The number of hydrogen-bond donors (Lipinski definition) is 2. The van der Waals surface area contributed by atoms with Gasteiger partial charge in [0.2, 0.25) is 5.91 Å². The van der Waals surface area contributed by atoms with Crippen molar-refractivity contribution in [3.8, 4) is 0 Å². The highest BCUT2D eigenvalue weighted by molar-refractivity contribution is 9.10. The van der Waals surface area contributed by atoms with Gasteiger partial charge in [-0.15, -0.1) is 0 Å². The Morgan fingerprint density at radius 2 is 2.24 bits per heavy atom. The summed E-state index contributed by atoms with van der Waals surface area (Å²) in [6, 6.07) is 5.87. The smallest absolute Gasteiger partial charge is 0.224 e. The van der Waals surface area contributed by atoms with Crippen molar-refractivity contribution in [1.29, 1.82) is 0 Å². The number of rotatable bonds is 5. The molecule has 1 aromatic carbocycles. The summed E-state index contributed by atoms with van der Waals surface area (Å²) < 4.78 is 0.915. The van der Waals surface area contributed by atoms with Crippen molar-refractivity contribution in [2.45, 2.75) is 26.7 Å². The fourth-order valence-corrected chi connectivity index (χ4v) is 2.02. The molecule has 4 heteroatoms. The molecule has 17 heavy (non-hydrogen) atoms. The lowest BCUT2D eigenvalue weighted by Gasteiger charge is -2.10. The van der Waals surface area contributed by atoms with Crippen LogP contribution in [0, 0.1) is 12.8 Å². The molecule has 0 bridgehead atoms. The van der Waals surface area contributed by atoms with Crippen LogP contribution in [0.2, 0.25) is 0 Å². The van der Waals surface area contributed by atoms with Crippen molar-refractivity contribution in [3.05, 3.63) is 28.2 Å². The summed E-state index contributed by atoms with van der Waals surface area (Å²) in [5, 5.41) is 2.89. The Hall–Kier alpha value is -0.870. The van der Waals surface area contributed by atoms with Crippen LogP contribution in [0.1, 0.15) is 25.3 Å². The maximum absolute atomic E-state index is 11.7. The van der Waals surface area contributed by atoms with Gasteiger partial charge >= 0.3 is 0 Å². The molecule has 0 saturated heterocycles. The van der Waals surface area contributed by atoms with Gasteiger partial charge in [0.15, 0.2) is 0 Å². The molecule has 0 aliphatic carbocycles. The molecule has 0 fully saturated rings. The number of carbonyl (C=O) groups is 1. The molecule has 1 aromatic rings. The molecule has 3 nitrogen and oxygen atoms in total. The van der Waals surface area contributed by atoms with E-state index in [0.717, 1.165) is 22.1 Å². The fourth-order valence-electron chi connectivity index (χ4n) is 1.43. The minimum atomic E-state index is 0.0369. The van der Waals surface area contributed by atoms with E-state index in [9.17, 15) is 4.79 Å². The summed E-state index contributed by atoms with van der Waals surface area (Å²) in [5.41, 5.74) is 7.49. The van der Waals surface area contributed by atoms with E-state index in [0.29, 0.717) is 18.9 Å². The SMILES string of the molecule is Cc1ccc(NC(=O)CCC(C)CN)c(Br)c1. The summed E-state index contributed by atoms with van der Waals surface area (Å²) in [4.78, 5) is 11.7. The quantitative estimate of drug-likeness (QED) is 0.878. The van der Waals surface area contributed by atoms with Crippen LogP contribution in [0.25, 0.3) is 0 Å². The van der Waals surface area contributed by atoms with Gasteiger partial charge < -0.3 is 11.1 Å². The number of anilines is 1. The third-order valence-electron chi connectivity index (χ3n) is 2.67. The molecule has 0 aliphatic heterocycles. The van der Waals surface area contributed by atoms with Crippen LogP contribution in [0.15, 0.2) is 22.7 Å². The third-order valence-corrected chi connectivity index (χ3v) is 3.32. The van der Waals surface area contributed by atoms with Gasteiger partial charge in [0.05, 0.1) is 5.69 Å². The van der Waals surface area contributed by atoms with Crippen molar-refractivity contribution >= 4 is 27.5 Å². The first-order valence-corrected chi connectivity index (χ1v) is 6.58. The zero-order valence-corrected chi connectivity index (χ0v) is 11.9. The molecule has 0 saturated carbocycles. The maximum Gasteiger partial charge on any atom is 0.224 e. The van der Waals surface area contributed by atoms with Crippen LogP contribution in [0.5, 0.6) is 0 Å². The van der Waals surface area contributed by atoms with E-state index in [1.807, 2.05) is 25.1 Å². The average Bonchev–Trinajstić information content (AvgIpc) is 2.29. The summed E-state index contributed by atoms with van der Waals surface area (Å²) in [7, 11) is 0. The number of halogens is 1. The number of hydrogen-bond acceptors (Lipinski definition) is 2. The lowest BCUT2D eigenvalue weighted by molar-refractivity contribution is -0.116. The molecule has 0 aromatic heterocycles. The van der Waals surface area contributed by atoms with Gasteiger partial charge in [-0.05, 0) is 59.4 Å². The van der Waals surface area contributed by atoms with Crippen LogP contribution in [0.4, 0.5) is 5.69 Å². The normalized spacial score (nSPS) is 12.2. The zero-order valence-electron chi connectivity index (χ0n) is 10.3. The maximum atomic E-state index is 11.7. The predicted octanol–water partition coefficient (Wildman–Crippen LogP) is 3.07. The molecule has 94 valence electrons. The summed E-state index contributed by atoms with van der Waals surface area (Å²) in [6.45, 7) is 4.69. The van der Waals surface area contributed by atoms with Gasteiger partial charge in [-0.1, -0.05) is 13.0 Å². The number of carbonyl (C=O) groups excluding carboxylic acids is 1. The lowest BCUT2D eigenvalue weighted by atomic mass is 10.1. The molecule has 1 atom stereocenters. The Morgan fingerprint density at radius 1 is 1.53 bits per heavy atom. The van der Waals surface area contributed by atoms with Crippen LogP contribution in [-0.4, -0.2) is 12.5 Å². The second-order valence-electron chi connectivity index (χ2n) is 4.41. The summed E-state index contributed by atoms with van der Waals surface area (Å²) in [6.07, 6.45) is 1.34. The van der Waals surface area contributed by atoms with Crippen molar-refractivity contribution in [2.24, 2.45) is 11.7 Å². The molecule has 1 amide bonds. The second kappa shape index (κ2) is 6.77. The molecule has 0 spiro atoms. The van der Waals surface area contributed by atoms with Crippen LogP contribution >= 0.6 is 15.9 Å². The molecular weight excluding hydrogens is 280 g/mol. The van der Waals surface area contributed by atoms with Crippen LogP contribution < -0.4 is 11.1 Å². The van der Waals surface area contributed by atoms with Crippen molar-refractivity contribution < 1.29 is 4.79 Å². The molecular formula is C13H19BrN2O. The van der Waals surface area contributed by atoms with E-state index in [1.54, 1.807) is 0 Å². The molecule has 3 N–H and O–H groups in total. The topological polar surface area (TPSA) is 55.1 Å². The third kappa shape index (κ3) is 4.88. The summed E-state index contributed by atoms with van der Waals surface area (Å²) >= 11 is 3.43. The highest BCUT2D eigenvalue weighted by Crippen LogP contribution is 2.23. The zero-order chi connectivity index (χ0) is 12.8. The Balaban J connectivity index is 2.50. The number of benzene rings is 1. The minimum Gasteiger partial charge on any atom is -0.330 e. The largest absolute Gasteiger partial charge is 0.330 e. The Bertz CT molecular complexity index is 393. The number of nitrogens with two attached hydrogens (primary N) is 1. The van der Waals surface area contributed by atoms with Crippen molar-refractivity contribution in [2.75, 3.05) is 11.9 Å². The fraction of sp³-hybridized carbons (Fsp3) is 0.462. The summed E-state index contributed by atoms with van der Waals surface area (Å²) in [5.74, 6) is 0.428. The molecule has 1 unspecified atom stereocenters. The van der Waals surface area contributed by atoms with Gasteiger partial charge in [-0.3, -0.25) is 4.79 Å². The standard InChI is InChI=1S/C13H19BrN2O/c1-9-3-5-12(11(14)7-9)16-13(17)6-4-10(2)8-15/h3,5,7,10H,4,6,8,15H2,1-2H3,(H,16,17). The second-order valence-corrected chi connectivity index (χ2v) is 5.27. The van der Waals surface area contributed by atoms with E-state index in [2.05, 4.69) is 28.2 Å². The molecule has 1 rings (SSSR count). The first-order chi connectivity index (χ1) is 8.02. The Kier molecular flexibility index (Phi) is 5.65. The minimum absolute atomic E-state index is 0.0369. The molecule has 0 heterocycles. The first kappa shape index (κ1) is 14.2. The van der Waals surface area contributed by atoms with Crippen LogP contribution in [0.3, 0.4) is 0 Å². The average molecular weight is 299 g/mol. The van der Waals surface area contributed by atoms with Gasteiger partial charge in [-0.25, -0.2) is 0 Å². The Morgan fingerprint density at radius 3 is 2.82 bits per heavy atom. The van der Waals surface area contributed by atoms with Gasteiger partial charge in [0, 0.05) is 10.9 Å². The predicted molar refractivity (Wildman–Crippen MR) is 75.0 cm³/mol. The van der Waals surface area contributed by atoms with E-state index < -0.39 is 0 Å². The highest BCUT2D eigenvalue weighted by Gasteiger charge is 2.07. The molecule has 0 radical (unpaired) electrons. The van der Waals surface area contributed by atoms with E-state index in [4.69, 9.17) is 5.73 Å². The van der Waals surface area contributed by atoms with Crippen molar-refractivity contribution in [3.63, 3.8) is 0 Å². The van der Waals surface area contributed by atoms with E-state index in [1.165, 1.54) is 0 Å². The van der Waals surface area contributed by atoms with Gasteiger partial charge in [0.25, 0.3) is 0 Å². The number of aryl methyl sites for hydroxylation is 1. The van der Waals surface area contributed by atoms with Gasteiger partial charge in [0.1, 0.15) is 0 Å². The van der Waals surface area contributed by atoms with E-state index >= 15 is 0 Å². The number of nitrogens with one attached hydrogen (secondary N) is 1. The van der Waals surface area contributed by atoms with E-state index in [-0.39, 0.29) is 5.91 Å². The monoisotopic (exact) mass is 298 g/mol. The van der Waals surface area contributed by atoms with Gasteiger partial charge in [-0.2, -0.15) is 0 Å². The van der Waals surface area contributed by atoms with Crippen molar-refractivity contribution in [1.82, 2.24) is 0 Å². The Labute approximate surface area is 111 Å². The first-order valence-electron chi connectivity index (χ1n) is 5.79. The van der Waals surface area contributed by atoms with Crippen LogP contribution in [-0.2, 0) is 4.79 Å². The number of amides is 1.